The van der Waals surface area contributed by atoms with Crippen LogP contribution >= 0.6 is 11.6 Å². The second-order valence-electron chi connectivity index (χ2n) is 4.63. The number of benzene rings is 1. The molecule has 0 saturated carbocycles. The Hall–Kier alpha value is -2.66. The second kappa shape index (κ2) is 5.99. The molecule has 0 aliphatic rings. The molecular weight excluding hydrogens is 302 g/mol. The van der Waals surface area contributed by atoms with E-state index in [0.29, 0.717) is 22.9 Å². The van der Waals surface area contributed by atoms with Crippen LogP contribution in [0.1, 0.15) is 16.1 Å². The summed E-state index contributed by atoms with van der Waals surface area (Å²) in [6, 6.07) is 12.8. The fourth-order valence-electron chi connectivity index (χ4n) is 2.04. The fraction of sp³-hybridized carbons (Fsp3) is 0.0625. The van der Waals surface area contributed by atoms with Gasteiger partial charge in [-0.1, -0.05) is 41.9 Å². The van der Waals surface area contributed by atoms with Gasteiger partial charge in [0.15, 0.2) is 0 Å². The maximum Gasteiger partial charge on any atom is 0.260 e. The van der Waals surface area contributed by atoms with Crippen molar-refractivity contribution in [1.29, 1.82) is 0 Å². The first-order chi connectivity index (χ1) is 10.6. The third kappa shape index (κ3) is 2.99. The normalized spacial score (nSPS) is 10.5. The summed E-state index contributed by atoms with van der Waals surface area (Å²) in [5.41, 5.74) is 1.36. The Morgan fingerprint density at radius 2 is 1.95 bits per heavy atom. The molecule has 0 atom stereocenters. The lowest BCUT2D eigenvalue weighted by molar-refractivity contribution is 0.102. The summed E-state index contributed by atoms with van der Waals surface area (Å²) in [5.74, 6) is 1.21. The van der Waals surface area contributed by atoms with Crippen LogP contribution in [0, 0.1) is 6.92 Å². The van der Waals surface area contributed by atoms with Gasteiger partial charge in [-0.05, 0) is 13.0 Å². The Morgan fingerprint density at radius 3 is 2.68 bits per heavy atom. The van der Waals surface area contributed by atoms with Crippen LogP contribution in [-0.4, -0.2) is 15.9 Å². The van der Waals surface area contributed by atoms with Crippen molar-refractivity contribution < 1.29 is 9.21 Å². The average Bonchev–Trinajstić information content (AvgIpc) is 2.90. The predicted octanol–water partition coefficient (Wildman–Crippen LogP) is 3.95. The maximum atomic E-state index is 12.3. The van der Waals surface area contributed by atoms with Gasteiger partial charge in [0, 0.05) is 11.6 Å². The Labute approximate surface area is 132 Å². The van der Waals surface area contributed by atoms with Gasteiger partial charge in [-0.15, -0.1) is 0 Å². The number of carbonyl (C=O) groups excluding carboxylic acids is 1. The fourth-order valence-corrected chi connectivity index (χ4v) is 2.18. The van der Waals surface area contributed by atoms with Crippen molar-refractivity contribution in [3.8, 4) is 11.3 Å². The third-order valence-corrected chi connectivity index (χ3v) is 3.30. The van der Waals surface area contributed by atoms with Gasteiger partial charge < -0.3 is 9.73 Å². The zero-order chi connectivity index (χ0) is 15.5. The Bertz CT molecular complexity index is 815. The molecule has 6 heteroatoms. The van der Waals surface area contributed by atoms with Crippen LogP contribution in [0.4, 0.5) is 5.82 Å². The molecule has 5 nitrogen and oxygen atoms in total. The van der Waals surface area contributed by atoms with Crippen molar-refractivity contribution in [2.75, 3.05) is 5.32 Å². The Morgan fingerprint density at radius 1 is 1.18 bits per heavy atom. The third-order valence-electron chi connectivity index (χ3n) is 3.10. The zero-order valence-electron chi connectivity index (χ0n) is 11.7. The Balaban J connectivity index is 1.86. The molecule has 0 unspecified atom stereocenters. The van der Waals surface area contributed by atoms with E-state index >= 15 is 0 Å². The first-order valence-electron chi connectivity index (χ1n) is 6.58. The van der Waals surface area contributed by atoms with Crippen LogP contribution in [0.2, 0.25) is 5.15 Å². The highest BCUT2D eigenvalue weighted by Gasteiger charge is 2.16. The molecule has 3 aromatic rings. The summed E-state index contributed by atoms with van der Waals surface area (Å²) in [6.07, 6.45) is 1.29. The molecule has 2 heterocycles. The van der Waals surface area contributed by atoms with Crippen molar-refractivity contribution in [2.24, 2.45) is 0 Å². The minimum Gasteiger partial charge on any atom is -0.461 e. The number of carbonyl (C=O) groups is 1. The van der Waals surface area contributed by atoms with Crippen molar-refractivity contribution in [3.05, 3.63) is 65.3 Å². The number of nitrogens with one attached hydrogen (secondary N) is 1. The number of furan rings is 1. The first kappa shape index (κ1) is 14.3. The minimum absolute atomic E-state index is 0.263. The average molecular weight is 314 g/mol. The lowest BCUT2D eigenvalue weighted by Crippen LogP contribution is -2.13. The SMILES string of the molecule is Cc1oc(-c2ccccc2)cc1C(=O)Nc1cc(Cl)ncn1. The van der Waals surface area contributed by atoms with Crippen molar-refractivity contribution in [1.82, 2.24) is 9.97 Å². The van der Waals surface area contributed by atoms with Gasteiger partial charge in [-0.25, -0.2) is 9.97 Å². The highest BCUT2D eigenvalue weighted by Crippen LogP contribution is 2.25. The van der Waals surface area contributed by atoms with E-state index in [1.54, 1.807) is 13.0 Å². The molecule has 1 aromatic carbocycles. The molecule has 0 bridgehead atoms. The van der Waals surface area contributed by atoms with Crippen LogP contribution in [0.5, 0.6) is 0 Å². The van der Waals surface area contributed by atoms with E-state index in [2.05, 4.69) is 15.3 Å². The quantitative estimate of drug-likeness (QED) is 0.743. The number of nitrogens with zero attached hydrogens (tertiary/aromatic N) is 2. The number of hydrogen-bond donors (Lipinski definition) is 1. The van der Waals surface area contributed by atoms with Crippen molar-refractivity contribution in [2.45, 2.75) is 6.92 Å². The summed E-state index contributed by atoms with van der Waals surface area (Å²) in [6.45, 7) is 1.74. The largest absolute Gasteiger partial charge is 0.461 e. The first-order valence-corrected chi connectivity index (χ1v) is 6.96. The summed E-state index contributed by atoms with van der Waals surface area (Å²) in [7, 11) is 0. The number of aromatic nitrogens is 2. The number of aryl methyl sites for hydroxylation is 1. The van der Waals surface area contributed by atoms with Gasteiger partial charge in [-0.2, -0.15) is 0 Å². The van der Waals surface area contributed by atoms with E-state index in [0.717, 1.165) is 5.56 Å². The number of anilines is 1. The molecule has 3 rings (SSSR count). The molecule has 0 radical (unpaired) electrons. The van der Waals surface area contributed by atoms with E-state index in [4.69, 9.17) is 16.0 Å². The predicted molar refractivity (Wildman–Crippen MR) is 83.9 cm³/mol. The van der Waals surface area contributed by atoms with Crippen molar-refractivity contribution >= 4 is 23.3 Å². The lowest BCUT2D eigenvalue weighted by Gasteiger charge is -2.02. The maximum absolute atomic E-state index is 12.3. The van der Waals surface area contributed by atoms with Crippen LogP contribution in [0.15, 0.2) is 53.2 Å². The van der Waals surface area contributed by atoms with Gasteiger partial charge in [0.1, 0.15) is 28.8 Å². The van der Waals surface area contributed by atoms with Gasteiger partial charge in [0.05, 0.1) is 5.56 Å². The molecule has 1 amide bonds. The van der Waals surface area contributed by atoms with Crippen LogP contribution < -0.4 is 5.32 Å². The molecule has 0 aliphatic carbocycles. The van der Waals surface area contributed by atoms with Gasteiger partial charge in [-0.3, -0.25) is 4.79 Å². The number of rotatable bonds is 3. The molecule has 0 saturated heterocycles. The van der Waals surface area contributed by atoms with E-state index < -0.39 is 0 Å². The van der Waals surface area contributed by atoms with E-state index in [1.165, 1.54) is 12.4 Å². The van der Waals surface area contributed by atoms with Crippen LogP contribution in [-0.2, 0) is 0 Å². The second-order valence-corrected chi connectivity index (χ2v) is 5.01. The van der Waals surface area contributed by atoms with E-state index in [9.17, 15) is 4.79 Å². The van der Waals surface area contributed by atoms with E-state index in [-0.39, 0.29) is 11.1 Å². The number of amides is 1. The summed E-state index contributed by atoms with van der Waals surface area (Å²) >= 11 is 5.77. The van der Waals surface area contributed by atoms with Gasteiger partial charge in [0.2, 0.25) is 0 Å². The summed E-state index contributed by atoms with van der Waals surface area (Å²) in [5, 5.41) is 2.93. The zero-order valence-corrected chi connectivity index (χ0v) is 12.5. The lowest BCUT2D eigenvalue weighted by atomic mass is 10.1. The molecule has 22 heavy (non-hydrogen) atoms. The Kier molecular flexibility index (Phi) is 3.89. The monoisotopic (exact) mass is 313 g/mol. The highest BCUT2D eigenvalue weighted by atomic mass is 35.5. The molecule has 0 aliphatic heterocycles. The highest BCUT2D eigenvalue weighted by molar-refractivity contribution is 6.29. The van der Waals surface area contributed by atoms with Gasteiger partial charge >= 0.3 is 0 Å². The standard InChI is InChI=1S/C16H12ClN3O2/c1-10-12(7-13(22-10)11-5-3-2-4-6-11)16(21)20-15-8-14(17)18-9-19-15/h2-9H,1H3,(H,18,19,20,21). The topological polar surface area (TPSA) is 68.0 Å². The minimum atomic E-state index is -0.307. The van der Waals surface area contributed by atoms with Crippen LogP contribution in [0.3, 0.4) is 0 Å². The molecular formula is C16H12ClN3O2. The number of hydrogen-bond acceptors (Lipinski definition) is 4. The molecule has 1 N–H and O–H groups in total. The summed E-state index contributed by atoms with van der Waals surface area (Å²) in [4.78, 5) is 20.0. The van der Waals surface area contributed by atoms with Crippen LogP contribution in [0.25, 0.3) is 11.3 Å². The molecule has 0 spiro atoms. The molecule has 2 aromatic heterocycles. The molecule has 0 fully saturated rings. The molecule has 110 valence electrons. The van der Waals surface area contributed by atoms with Gasteiger partial charge in [0.25, 0.3) is 5.91 Å². The van der Waals surface area contributed by atoms with Crippen molar-refractivity contribution in [3.63, 3.8) is 0 Å². The summed E-state index contributed by atoms with van der Waals surface area (Å²) < 4.78 is 5.66. The smallest absolute Gasteiger partial charge is 0.260 e. The van der Waals surface area contributed by atoms with E-state index in [1.807, 2.05) is 30.3 Å². The number of halogens is 1.